The van der Waals surface area contributed by atoms with Crippen LogP contribution in [0.3, 0.4) is 0 Å². The fourth-order valence-electron chi connectivity index (χ4n) is 1.47. The van der Waals surface area contributed by atoms with Gasteiger partial charge in [0.05, 0.1) is 14.2 Å². The van der Waals surface area contributed by atoms with Gasteiger partial charge in [-0.2, -0.15) is 0 Å². The highest BCUT2D eigenvalue weighted by Crippen LogP contribution is 2.20. The number of rotatable bonds is 4. The lowest BCUT2D eigenvalue weighted by Gasteiger charge is -2.10. The Morgan fingerprint density at radius 1 is 1.33 bits per heavy atom. The van der Waals surface area contributed by atoms with E-state index >= 15 is 0 Å². The molecule has 0 heterocycles. The van der Waals surface area contributed by atoms with Crippen LogP contribution in [0, 0.1) is 0 Å². The molecule has 1 aromatic carbocycles. The summed E-state index contributed by atoms with van der Waals surface area (Å²) in [6.07, 6.45) is 0.205. The predicted molar refractivity (Wildman–Crippen MR) is 63.1 cm³/mol. The first-order chi connectivity index (χ1) is 8.49. The van der Waals surface area contributed by atoms with E-state index in [0.717, 1.165) is 0 Å². The number of nitrogens with two attached hydrogens (primary N) is 1. The number of ether oxygens (including phenoxy) is 2. The molecule has 98 valence electrons. The fourth-order valence-corrected chi connectivity index (χ4v) is 1.47. The molecule has 0 amide bonds. The second-order valence-corrected chi connectivity index (χ2v) is 3.68. The topological polar surface area (TPSA) is 98.9 Å². The summed E-state index contributed by atoms with van der Waals surface area (Å²) in [5.74, 6) is -1.37. The summed E-state index contributed by atoms with van der Waals surface area (Å²) in [7, 11) is 2.47. The average molecular weight is 253 g/mol. The number of phenolic OH excluding ortho intramolecular Hbond substituents is 1. The number of methoxy groups -OCH3 is 2. The highest BCUT2D eigenvalue weighted by molar-refractivity contribution is 5.92. The summed E-state index contributed by atoms with van der Waals surface area (Å²) in [6.45, 7) is 0. The minimum Gasteiger partial charge on any atom is -0.507 e. The van der Waals surface area contributed by atoms with E-state index in [0.29, 0.717) is 5.56 Å². The van der Waals surface area contributed by atoms with Crippen molar-refractivity contribution in [2.24, 2.45) is 5.73 Å². The Labute approximate surface area is 104 Å². The number of esters is 2. The Balaban J connectivity index is 2.92. The largest absolute Gasteiger partial charge is 0.507 e. The van der Waals surface area contributed by atoms with Crippen molar-refractivity contribution in [2.45, 2.75) is 12.5 Å². The lowest BCUT2D eigenvalue weighted by Crippen LogP contribution is -2.33. The first-order valence-corrected chi connectivity index (χ1v) is 5.23. The molecular formula is C12H15NO5. The average Bonchev–Trinajstić information content (AvgIpc) is 2.38. The van der Waals surface area contributed by atoms with E-state index in [4.69, 9.17) is 5.73 Å². The predicted octanol–water partition coefficient (Wildman–Crippen LogP) is 0.222. The van der Waals surface area contributed by atoms with Crippen LogP contribution in [0.15, 0.2) is 18.2 Å². The molecule has 0 saturated carbocycles. The van der Waals surface area contributed by atoms with Crippen molar-refractivity contribution in [1.29, 1.82) is 0 Å². The summed E-state index contributed by atoms with van der Waals surface area (Å²) in [5, 5.41) is 9.50. The molecule has 1 aromatic rings. The maximum absolute atomic E-state index is 11.4. The molecule has 1 unspecified atom stereocenters. The van der Waals surface area contributed by atoms with Crippen LogP contribution in [-0.2, 0) is 20.7 Å². The van der Waals surface area contributed by atoms with Crippen molar-refractivity contribution >= 4 is 11.9 Å². The molecule has 0 aromatic heterocycles. The van der Waals surface area contributed by atoms with Crippen molar-refractivity contribution in [3.63, 3.8) is 0 Å². The third kappa shape index (κ3) is 3.21. The van der Waals surface area contributed by atoms with Gasteiger partial charge in [-0.25, -0.2) is 4.79 Å². The van der Waals surface area contributed by atoms with E-state index in [1.807, 2.05) is 0 Å². The summed E-state index contributed by atoms with van der Waals surface area (Å²) in [4.78, 5) is 22.5. The van der Waals surface area contributed by atoms with E-state index in [2.05, 4.69) is 9.47 Å². The second-order valence-electron chi connectivity index (χ2n) is 3.68. The van der Waals surface area contributed by atoms with Gasteiger partial charge in [0.2, 0.25) is 0 Å². The summed E-state index contributed by atoms with van der Waals surface area (Å²) in [5.41, 5.74) is 6.27. The van der Waals surface area contributed by atoms with Crippen molar-refractivity contribution in [1.82, 2.24) is 0 Å². The number of aromatic hydroxyl groups is 1. The van der Waals surface area contributed by atoms with Gasteiger partial charge < -0.3 is 20.3 Å². The maximum Gasteiger partial charge on any atom is 0.341 e. The highest BCUT2D eigenvalue weighted by Gasteiger charge is 2.17. The number of carbonyl (C=O) groups excluding carboxylic acids is 2. The van der Waals surface area contributed by atoms with Gasteiger partial charge in [0, 0.05) is 0 Å². The second kappa shape index (κ2) is 6.02. The zero-order chi connectivity index (χ0) is 13.7. The molecule has 6 heteroatoms. The zero-order valence-corrected chi connectivity index (χ0v) is 10.2. The van der Waals surface area contributed by atoms with Gasteiger partial charge in [-0.15, -0.1) is 0 Å². The summed E-state index contributed by atoms with van der Waals surface area (Å²) in [6, 6.07) is 3.55. The Bertz CT molecular complexity index is 458. The molecule has 1 atom stereocenters. The van der Waals surface area contributed by atoms with Crippen LogP contribution in [0.5, 0.6) is 5.75 Å². The Morgan fingerprint density at radius 3 is 2.56 bits per heavy atom. The quantitative estimate of drug-likeness (QED) is 0.745. The van der Waals surface area contributed by atoms with Crippen molar-refractivity contribution in [2.75, 3.05) is 14.2 Å². The maximum atomic E-state index is 11.4. The van der Waals surface area contributed by atoms with Crippen LogP contribution in [0.25, 0.3) is 0 Å². The zero-order valence-electron chi connectivity index (χ0n) is 10.2. The lowest BCUT2D eigenvalue weighted by atomic mass is 10.0. The van der Waals surface area contributed by atoms with Gasteiger partial charge in [-0.1, -0.05) is 6.07 Å². The lowest BCUT2D eigenvalue weighted by molar-refractivity contribution is -0.142. The number of phenols is 1. The molecule has 0 fully saturated rings. The van der Waals surface area contributed by atoms with Crippen molar-refractivity contribution in [3.05, 3.63) is 29.3 Å². The molecule has 0 aliphatic carbocycles. The monoisotopic (exact) mass is 253 g/mol. The molecule has 0 radical (unpaired) electrons. The van der Waals surface area contributed by atoms with Crippen LogP contribution in [-0.4, -0.2) is 37.3 Å². The van der Waals surface area contributed by atoms with E-state index in [1.54, 1.807) is 6.07 Å². The van der Waals surface area contributed by atoms with Crippen LogP contribution in [0.2, 0.25) is 0 Å². The van der Waals surface area contributed by atoms with Gasteiger partial charge in [-0.3, -0.25) is 4.79 Å². The van der Waals surface area contributed by atoms with Crippen molar-refractivity contribution < 1.29 is 24.2 Å². The Hall–Kier alpha value is -2.08. The van der Waals surface area contributed by atoms with Gasteiger partial charge in [0.25, 0.3) is 0 Å². The van der Waals surface area contributed by atoms with Crippen LogP contribution in [0.4, 0.5) is 0 Å². The summed E-state index contributed by atoms with van der Waals surface area (Å²) < 4.78 is 9.03. The van der Waals surface area contributed by atoms with Gasteiger partial charge >= 0.3 is 11.9 Å². The molecule has 0 spiro atoms. The third-order valence-corrected chi connectivity index (χ3v) is 2.43. The molecule has 6 nitrogen and oxygen atoms in total. The molecule has 1 rings (SSSR count). The SMILES string of the molecule is COC(=O)c1cc(CC(N)C(=O)OC)ccc1O. The van der Waals surface area contributed by atoms with Gasteiger partial charge in [0.15, 0.2) is 0 Å². The number of hydrogen-bond donors (Lipinski definition) is 2. The highest BCUT2D eigenvalue weighted by atomic mass is 16.5. The molecule has 0 saturated heterocycles. The minimum absolute atomic E-state index is 0.0343. The first-order valence-electron chi connectivity index (χ1n) is 5.23. The van der Waals surface area contributed by atoms with Crippen LogP contribution in [0.1, 0.15) is 15.9 Å². The van der Waals surface area contributed by atoms with Crippen LogP contribution >= 0.6 is 0 Å². The Morgan fingerprint density at radius 2 is 2.00 bits per heavy atom. The van der Waals surface area contributed by atoms with Gasteiger partial charge in [0.1, 0.15) is 17.4 Å². The normalized spacial score (nSPS) is 11.7. The van der Waals surface area contributed by atoms with Crippen molar-refractivity contribution in [3.8, 4) is 5.75 Å². The standard InChI is InChI=1S/C12H15NO5/c1-17-11(15)8-5-7(3-4-10(8)14)6-9(13)12(16)18-2/h3-5,9,14H,6,13H2,1-2H3. The smallest absolute Gasteiger partial charge is 0.341 e. The number of benzene rings is 1. The Kier molecular flexibility index (Phi) is 4.67. The van der Waals surface area contributed by atoms with E-state index in [-0.39, 0.29) is 17.7 Å². The molecule has 3 N–H and O–H groups in total. The molecular weight excluding hydrogens is 238 g/mol. The summed E-state index contributed by atoms with van der Waals surface area (Å²) >= 11 is 0. The van der Waals surface area contributed by atoms with E-state index < -0.39 is 18.0 Å². The fraction of sp³-hybridized carbons (Fsp3) is 0.333. The molecule has 18 heavy (non-hydrogen) atoms. The third-order valence-electron chi connectivity index (χ3n) is 2.43. The molecule has 0 aliphatic rings. The first kappa shape index (κ1) is 14.0. The minimum atomic E-state index is -0.815. The number of hydrogen-bond acceptors (Lipinski definition) is 6. The van der Waals surface area contributed by atoms with Gasteiger partial charge in [-0.05, 0) is 24.1 Å². The molecule has 0 bridgehead atoms. The number of carbonyl (C=O) groups is 2. The van der Waals surface area contributed by atoms with Crippen LogP contribution < -0.4 is 5.73 Å². The molecule has 0 aliphatic heterocycles. The van der Waals surface area contributed by atoms with E-state index in [1.165, 1.54) is 26.4 Å². The van der Waals surface area contributed by atoms with E-state index in [9.17, 15) is 14.7 Å².